The van der Waals surface area contributed by atoms with E-state index in [2.05, 4.69) is 25.2 Å². The molecule has 27 heavy (non-hydrogen) atoms. The van der Waals surface area contributed by atoms with Gasteiger partial charge in [0.25, 0.3) is 0 Å². The lowest BCUT2D eigenvalue weighted by Gasteiger charge is -2.26. The fourth-order valence-electron chi connectivity index (χ4n) is 2.84. The molecule has 0 unspecified atom stereocenters. The number of carbonyl (C=O) groups excluding carboxylic acids is 1. The zero-order valence-electron chi connectivity index (χ0n) is 15.6. The summed E-state index contributed by atoms with van der Waals surface area (Å²) in [5.74, 6) is 0.585. The minimum Gasteiger partial charge on any atom is -0.462 e. The van der Waals surface area contributed by atoms with Crippen LogP contribution in [0.5, 0.6) is 0 Å². The van der Waals surface area contributed by atoms with Crippen LogP contribution in [-0.4, -0.2) is 71.8 Å². The van der Waals surface area contributed by atoms with Gasteiger partial charge in [-0.25, -0.2) is 14.8 Å². The first kappa shape index (κ1) is 19.2. The number of anilines is 1. The largest absolute Gasteiger partial charge is 0.462 e. The Labute approximate surface area is 158 Å². The summed E-state index contributed by atoms with van der Waals surface area (Å²) in [4.78, 5) is 27.5. The first-order chi connectivity index (χ1) is 13.3. The molecule has 0 bridgehead atoms. The van der Waals surface area contributed by atoms with Crippen LogP contribution in [0.3, 0.4) is 0 Å². The number of carbonyl (C=O) groups is 1. The van der Waals surface area contributed by atoms with Crippen molar-refractivity contribution >= 4 is 11.8 Å². The summed E-state index contributed by atoms with van der Waals surface area (Å²) in [6.07, 6.45) is 5.84. The van der Waals surface area contributed by atoms with Crippen LogP contribution in [0, 0.1) is 0 Å². The Kier molecular flexibility index (Phi) is 7.06. The lowest BCUT2D eigenvalue weighted by atomic mass is 10.2. The Morgan fingerprint density at radius 1 is 1.33 bits per heavy atom. The van der Waals surface area contributed by atoms with Gasteiger partial charge in [-0.1, -0.05) is 0 Å². The first-order valence-corrected chi connectivity index (χ1v) is 9.26. The molecule has 0 aliphatic carbocycles. The maximum atomic E-state index is 12.2. The lowest BCUT2D eigenvalue weighted by molar-refractivity contribution is 0.0378. The van der Waals surface area contributed by atoms with Gasteiger partial charge in [-0.15, -0.1) is 0 Å². The second-order valence-corrected chi connectivity index (χ2v) is 6.15. The van der Waals surface area contributed by atoms with Crippen molar-refractivity contribution in [2.24, 2.45) is 0 Å². The highest BCUT2D eigenvalue weighted by Crippen LogP contribution is 2.19. The number of pyridine rings is 1. The third-order valence-electron chi connectivity index (χ3n) is 4.25. The number of ether oxygens (including phenoxy) is 2. The van der Waals surface area contributed by atoms with E-state index in [1.807, 2.05) is 12.1 Å². The molecule has 2 aromatic heterocycles. The van der Waals surface area contributed by atoms with Gasteiger partial charge in [-0.05, 0) is 32.0 Å². The summed E-state index contributed by atoms with van der Waals surface area (Å²) in [6.45, 7) is 7.28. The van der Waals surface area contributed by atoms with Crippen molar-refractivity contribution in [2.45, 2.75) is 13.3 Å². The van der Waals surface area contributed by atoms with Gasteiger partial charge in [0.1, 0.15) is 11.4 Å². The SMILES string of the molecule is CCOC(=O)c1cnc(-c2cccnc2)nc1NCCCN1CCOCC1. The Bertz CT molecular complexity index is 735. The average molecular weight is 371 g/mol. The van der Waals surface area contributed by atoms with E-state index >= 15 is 0 Å². The van der Waals surface area contributed by atoms with Crippen LogP contribution in [0.15, 0.2) is 30.7 Å². The molecule has 1 N–H and O–H groups in total. The second-order valence-electron chi connectivity index (χ2n) is 6.15. The fourth-order valence-corrected chi connectivity index (χ4v) is 2.84. The number of hydrogen-bond acceptors (Lipinski definition) is 8. The van der Waals surface area contributed by atoms with Gasteiger partial charge in [0.2, 0.25) is 0 Å². The predicted molar refractivity (Wildman–Crippen MR) is 102 cm³/mol. The minimum atomic E-state index is -0.425. The van der Waals surface area contributed by atoms with Crippen LogP contribution >= 0.6 is 0 Å². The fraction of sp³-hybridized carbons (Fsp3) is 0.474. The molecule has 0 aromatic carbocycles. The highest BCUT2D eigenvalue weighted by molar-refractivity contribution is 5.94. The number of rotatable bonds is 8. The summed E-state index contributed by atoms with van der Waals surface area (Å²) in [7, 11) is 0. The molecule has 2 aromatic rings. The lowest BCUT2D eigenvalue weighted by Crippen LogP contribution is -2.37. The van der Waals surface area contributed by atoms with Crippen molar-refractivity contribution in [3.63, 3.8) is 0 Å². The van der Waals surface area contributed by atoms with E-state index < -0.39 is 5.97 Å². The highest BCUT2D eigenvalue weighted by Gasteiger charge is 2.17. The maximum absolute atomic E-state index is 12.2. The van der Waals surface area contributed by atoms with Crippen molar-refractivity contribution in [1.82, 2.24) is 19.9 Å². The van der Waals surface area contributed by atoms with E-state index in [0.29, 0.717) is 30.4 Å². The monoisotopic (exact) mass is 371 g/mol. The normalized spacial score (nSPS) is 14.7. The summed E-state index contributed by atoms with van der Waals surface area (Å²) in [5.41, 5.74) is 1.14. The number of morpholine rings is 1. The molecule has 0 spiro atoms. The summed E-state index contributed by atoms with van der Waals surface area (Å²) in [5, 5.41) is 3.27. The molecule has 1 aliphatic rings. The molecule has 144 valence electrons. The van der Waals surface area contributed by atoms with Crippen LogP contribution in [0.1, 0.15) is 23.7 Å². The molecule has 0 amide bonds. The molecule has 0 radical (unpaired) electrons. The van der Waals surface area contributed by atoms with E-state index in [-0.39, 0.29) is 0 Å². The number of aromatic nitrogens is 3. The molecular weight excluding hydrogens is 346 g/mol. The molecular formula is C19H25N5O3. The van der Waals surface area contributed by atoms with Gasteiger partial charge in [0.05, 0.1) is 19.8 Å². The zero-order chi connectivity index (χ0) is 18.9. The third-order valence-corrected chi connectivity index (χ3v) is 4.25. The predicted octanol–water partition coefficient (Wildman–Crippen LogP) is 1.85. The summed E-state index contributed by atoms with van der Waals surface area (Å²) < 4.78 is 10.5. The Morgan fingerprint density at radius 2 is 2.19 bits per heavy atom. The number of esters is 1. The molecule has 8 heteroatoms. The van der Waals surface area contributed by atoms with Crippen molar-refractivity contribution < 1.29 is 14.3 Å². The summed E-state index contributed by atoms with van der Waals surface area (Å²) >= 11 is 0. The smallest absolute Gasteiger partial charge is 0.343 e. The van der Waals surface area contributed by atoms with Crippen LogP contribution in [0.4, 0.5) is 5.82 Å². The van der Waals surface area contributed by atoms with Gasteiger partial charge in [0.15, 0.2) is 5.82 Å². The van der Waals surface area contributed by atoms with Crippen molar-refractivity contribution in [2.75, 3.05) is 51.3 Å². The number of nitrogens with one attached hydrogen (secondary N) is 1. The van der Waals surface area contributed by atoms with E-state index in [0.717, 1.165) is 44.8 Å². The van der Waals surface area contributed by atoms with Gasteiger partial charge >= 0.3 is 5.97 Å². The van der Waals surface area contributed by atoms with Gasteiger partial charge in [0, 0.05) is 43.8 Å². The van der Waals surface area contributed by atoms with E-state index in [1.54, 1.807) is 19.3 Å². The molecule has 1 fully saturated rings. The Morgan fingerprint density at radius 3 is 2.93 bits per heavy atom. The van der Waals surface area contributed by atoms with Crippen molar-refractivity contribution in [3.05, 3.63) is 36.3 Å². The quantitative estimate of drug-likeness (QED) is 0.555. The number of hydrogen-bond donors (Lipinski definition) is 1. The van der Waals surface area contributed by atoms with E-state index in [4.69, 9.17) is 9.47 Å². The van der Waals surface area contributed by atoms with Crippen LogP contribution in [-0.2, 0) is 9.47 Å². The van der Waals surface area contributed by atoms with Crippen LogP contribution in [0.2, 0.25) is 0 Å². The van der Waals surface area contributed by atoms with Gasteiger partial charge < -0.3 is 14.8 Å². The molecule has 0 saturated carbocycles. The Hall–Kier alpha value is -2.58. The average Bonchev–Trinajstić information content (AvgIpc) is 2.72. The second kappa shape index (κ2) is 9.94. The van der Waals surface area contributed by atoms with Gasteiger partial charge in [-0.3, -0.25) is 9.88 Å². The van der Waals surface area contributed by atoms with Crippen molar-refractivity contribution in [1.29, 1.82) is 0 Å². The topological polar surface area (TPSA) is 89.5 Å². The highest BCUT2D eigenvalue weighted by atomic mass is 16.5. The molecule has 8 nitrogen and oxygen atoms in total. The zero-order valence-corrected chi connectivity index (χ0v) is 15.6. The third kappa shape index (κ3) is 5.45. The summed E-state index contributed by atoms with van der Waals surface area (Å²) in [6, 6.07) is 3.71. The standard InChI is InChI=1S/C19H25N5O3/c1-2-27-19(25)16-14-22-17(15-5-3-6-20-13-15)23-18(16)21-7-4-8-24-9-11-26-12-10-24/h3,5-6,13-14H,2,4,7-12H2,1H3,(H,21,22,23). The first-order valence-electron chi connectivity index (χ1n) is 9.26. The van der Waals surface area contributed by atoms with Crippen LogP contribution in [0.25, 0.3) is 11.4 Å². The Balaban J connectivity index is 1.68. The van der Waals surface area contributed by atoms with Crippen molar-refractivity contribution in [3.8, 4) is 11.4 Å². The minimum absolute atomic E-state index is 0.305. The van der Waals surface area contributed by atoms with Crippen LogP contribution < -0.4 is 5.32 Å². The molecule has 0 atom stereocenters. The molecule has 1 saturated heterocycles. The van der Waals surface area contributed by atoms with Gasteiger partial charge in [-0.2, -0.15) is 0 Å². The maximum Gasteiger partial charge on any atom is 0.343 e. The van der Waals surface area contributed by atoms with E-state index in [1.165, 1.54) is 6.20 Å². The number of nitrogens with zero attached hydrogens (tertiary/aromatic N) is 4. The molecule has 1 aliphatic heterocycles. The molecule has 3 heterocycles. The molecule has 3 rings (SSSR count). The van der Waals surface area contributed by atoms with E-state index in [9.17, 15) is 4.79 Å².